The maximum atomic E-state index is 11.7. The van der Waals surface area contributed by atoms with Gasteiger partial charge in [0.15, 0.2) is 0 Å². The molecular formula is C86H127NiO4P4S2+. The normalized spacial score (nSPS) is 20.6. The van der Waals surface area contributed by atoms with E-state index in [2.05, 4.69) is 68.5 Å². The molecule has 14 rings (SSSR count). The molecular weight excluding hydrogens is 1340 g/mol. The number of thiophene rings is 2. The molecule has 0 bridgehead atoms. The first-order chi connectivity index (χ1) is 46.7. The Morgan fingerprint density at radius 3 is 1.05 bits per heavy atom. The van der Waals surface area contributed by atoms with Crippen LogP contribution >= 0.6 is 54.4 Å². The molecule has 1 N–H and O–H groups in total. The molecule has 4 nitrogen and oxygen atoms in total. The first kappa shape index (κ1) is 79.1. The SMILES string of the molecule is CC(C)(C)C(=O)O.CC(C)(C)C(=O)Oc1ccc2ccccc2c1.[Ni].[c-]1ccc2ccccc2c1.c1scc(P(C2CCCCC2)C2CCCCC2)c1P(C1CCCCC1)C1CCCCC1.c1scc([PH+](C2CCCCC2)C2CCCCC2)c1[PH+](C1CCCCC1)C1CCCCC1. The van der Waals surface area contributed by atoms with Crippen molar-refractivity contribution in [3.8, 4) is 5.75 Å². The van der Waals surface area contributed by atoms with E-state index in [-0.39, 0.29) is 38.3 Å². The number of hydrogen-bond acceptors (Lipinski definition) is 5. The molecule has 2 heterocycles. The molecule has 11 heteroatoms. The maximum absolute atomic E-state index is 11.7. The van der Waals surface area contributed by atoms with Gasteiger partial charge in [-0.3, -0.25) is 9.59 Å². The van der Waals surface area contributed by atoms with Gasteiger partial charge in [-0.1, -0.05) is 167 Å². The second kappa shape index (κ2) is 40.9. The van der Waals surface area contributed by atoms with Crippen LogP contribution in [0.1, 0.15) is 298 Å². The van der Waals surface area contributed by atoms with Crippen LogP contribution in [-0.2, 0) is 26.1 Å². The third-order valence-corrected chi connectivity index (χ3v) is 40.9. The Bertz CT molecular complexity index is 2850. The Morgan fingerprint density at radius 1 is 0.412 bits per heavy atom. The van der Waals surface area contributed by atoms with Crippen molar-refractivity contribution in [2.24, 2.45) is 10.8 Å². The fourth-order valence-electron chi connectivity index (χ4n) is 18.0. The molecule has 0 atom stereocenters. The summed E-state index contributed by atoms with van der Waals surface area (Å²) < 4.78 is 5.35. The van der Waals surface area contributed by atoms with Crippen LogP contribution in [0.5, 0.6) is 5.75 Å². The van der Waals surface area contributed by atoms with E-state index in [1.165, 1.54) is 165 Å². The molecule has 6 aromatic rings. The summed E-state index contributed by atoms with van der Waals surface area (Å²) in [5, 5.41) is 32.0. The third-order valence-electron chi connectivity index (χ3n) is 23.3. The van der Waals surface area contributed by atoms with Crippen LogP contribution in [0, 0.1) is 16.9 Å². The summed E-state index contributed by atoms with van der Waals surface area (Å²) in [6.07, 6.45) is 61.7. The van der Waals surface area contributed by atoms with E-state index in [9.17, 15) is 9.59 Å². The fraction of sp³-hybridized carbons (Fsp3) is 0.651. The zero-order chi connectivity index (χ0) is 67.1. The summed E-state index contributed by atoms with van der Waals surface area (Å²) in [5.41, 5.74) is 7.62. The molecule has 0 spiro atoms. The van der Waals surface area contributed by atoms with E-state index >= 15 is 0 Å². The minimum Gasteiger partial charge on any atom is -0.481 e. The van der Waals surface area contributed by atoms with Crippen LogP contribution in [0.2, 0.25) is 0 Å². The minimum absolute atomic E-state index is 0. The van der Waals surface area contributed by atoms with E-state index < -0.39 is 32.6 Å². The van der Waals surface area contributed by atoms with Gasteiger partial charge < -0.3 is 9.84 Å². The van der Waals surface area contributed by atoms with Crippen molar-refractivity contribution in [3.63, 3.8) is 0 Å². The van der Waals surface area contributed by atoms with Crippen LogP contribution in [0.4, 0.5) is 0 Å². The zero-order valence-corrected chi connectivity index (χ0v) is 67.4. The van der Waals surface area contributed by atoms with Gasteiger partial charge >= 0.3 is 11.9 Å². The topological polar surface area (TPSA) is 63.6 Å². The smallest absolute Gasteiger partial charge is 0.316 e. The van der Waals surface area contributed by atoms with Crippen LogP contribution in [0.15, 0.2) is 106 Å². The van der Waals surface area contributed by atoms with Crippen molar-refractivity contribution in [3.05, 3.63) is 113 Å². The van der Waals surface area contributed by atoms with Crippen molar-refractivity contribution in [1.82, 2.24) is 0 Å². The molecule has 0 radical (unpaired) electrons. The molecule has 4 aromatic carbocycles. The number of carboxylic acids is 1. The standard InChI is InChI=1S/2C28H46P2S.C15H16O2.C10H7.C5H10O2.Ni/c2*1-5-13-23(14-6-1)29(24-15-7-2-8-16-24)27-21-31-22-28(27)30(25-17-9-3-10-18-25)26-19-11-4-12-20-26;1-15(2,3)14(16)17-13-9-8-11-6-4-5-7-12(11)10-13;1-2-6-10-8-4-3-7-9(10)5-1;1-5(2,3)4(6)7;/h2*21-26H,1-20H2;4-10H,1-3H3;1-3,5-8H;1-3H3,(H,6,7);/q;;;-1;;/p+2. The summed E-state index contributed by atoms with van der Waals surface area (Å²) in [5.74, 6) is -0.371. The third kappa shape index (κ3) is 23.5. The van der Waals surface area contributed by atoms with Crippen molar-refractivity contribution < 1.29 is 35.9 Å². The van der Waals surface area contributed by atoms with Gasteiger partial charge in [0, 0.05) is 43.1 Å². The number of benzene rings is 4. The predicted octanol–water partition coefficient (Wildman–Crippen LogP) is 25.6. The van der Waals surface area contributed by atoms with E-state index in [1.807, 2.05) is 109 Å². The summed E-state index contributed by atoms with van der Waals surface area (Å²) in [7, 11) is -0.636. The molecule has 2 aromatic heterocycles. The number of ether oxygens (including phenoxy) is 1. The van der Waals surface area contributed by atoms with Gasteiger partial charge in [0.2, 0.25) is 0 Å². The Kier molecular flexibility index (Phi) is 33.3. The van der Waals surface area contributed by atoms with Crippen LogP contribution in [0.3, 0.4) is 0 Å². The molecule has 8 aliphatic carbocycles. The van der Waals surface area contributed by atoms with E-state index in [4.69, 9.17) is 9.84 Å². The van der Waals surface area contributed by atoms with Crippen molar-refractivity contribution in [2.45, 2.75) is 344 Å². The van der Waals surface area contributed by atoms with Gasteiger partial charge in [-0.15, -0.1) is 28.2 Å². The van der Waals surface area contributed by atoms with Gasteiger partial charge in [-0.25, -0.2) is 0 Å². The number of aliphatic carboxylic acids is 1. The van der Waals surface area contributed by atoms with Gasteiger partial charge in [0.25, 0.3) is 0 Å². The molecule has 8 fully saturated rings. The number of fused-ring (bicyclic) bond motifs is 2. The summed E-state index contributed by atoms with van der Waals surface area (Å²) in [6.45, 7) is 10.5. The molecule has 0 unspecified atom stereocenters. The summed E-state index contributed by atoms with van der Waals surface area (Å²) >= 11 is 4.24. The fourth-order valence-corrected chi connectivity index (χ4v) is 39.0. The molecule has 8 aliphatic rings. The average Bonchev–Trinajstić information content (AvgIpc) is 1.74. The number of carbonyl (C=O) groups is 2. The Labute approximate surface area is 613 Å². The molecule has 0 amide bonds. The molecule has 536 valence electrons. The van der Waals surface area contributed by atoms with E-state index in [0.717, 1.165) is 56.0 Å². The van der Waals surface area contributed by atoms with Gasteiger partial charge in [0.05, 0.1) is 33.5 Å². The Hall–Kier alpha value is -2.05. The predicted molar refractivity (Wildman–Crippen MR) is 432 cm³/mol. The maximum Gasteiger partial charge on any atom is 0.316 e. The number of hydrogen-bond donors (Lipinski definition) is 1. The Balaban J connectivity index is 0.000000155. The first-order valence-corrected chi connectivity index (χ1v) is 47.6. The van der Waals surface area contributed by atoms with Gasteiger partial charge in [0.1, 0.15) is 16.4 Å². The zero-order valence-electron chi connectivity index (χ0n) is 61.0. The van der Waals surface area contributed by atoms with Gasteiger partial charge in [-0.2, -0.15) is 35.6 Å². The average molecular weight is 1470 g/mol. The summed E-state index contributed by atoms with van der Waals surface area (Å²) in [6, 6.07) is 31.0. The van der Waals surface area contributed by atoms with E-state index in [0.29, 0.717) is 5.75 Å². The van der Waals surface area contributed by atoms with Crippen molar-refractivity contribution in [2.75, 3.05) is 0 Å². The summed E-state index contributed by atoms with van der Waals surface area (Å²) in [4.78, 5) is 21.8. The minimum atomic E-state index is -0.757. The van der Waals surface area contributed by atoms with Crippen molar-refractivity contribution in [1.29, 1.82) is 0 Å². The monoisotopic (exact) mass is 1470 g/mol. The number of carbonyl (C=O) groups excluding carboxylic acids is 1. The number of rotatable bonds is 13. The molecule has 8 saturated carbocycles. The van der Waals surface area contributed by atoms with Crippen LogP contribution in [0.25, 0.3) is 21.5 Å². The quantitative estimate of drug-likeness (QED) is 0.0411. The largest absolute Gasteiger partial charge is 0.481 e. The van der Waals surface area contributed by atoms with Crippen molar-refractivity contribution >= 4 is 109 Å². The molecule has 0 aliphatic heterocycles. The number of esters is 1. The second-order valence-corrected chi connectivity index (χ2v) is 45.7. The second-order valence-electron chi connectivity index (χ2n) is 32.6. The Morgan fingerprint density at radius 2 is 0.722 bits per heavy atom. The number of carboxylic acid groups (broad SMARTS) is 1. The van der Waals surface area contributed by atoms with Crippen LogP contribution < -0.4 is 26.0 Å². The molecule has 0 saturated heterocycles. The first-order valence-electron chi connectivity index (χ1n) is 39.4. The molecule has 97 heavy (non-hydrogen) atoms. The van der Waals surface area contributed by atoms with Gasteiger partial charge in [-0.05, 0) is 263 Å². The van der Waals surface area contributed by atoms with E-state index in [1.54, 1.807) is 124 Å². The van der Waals surface area contributed by atoms with Crippen LogP contribution in [-0.4, -0.2) is 62.3 Å².